The molecule has 0 aliphatic heterocycles. The molecule has 0 aliphatic carbocycles. The van der Waals surface area contributed by atoms with E-state index in [2.05, 4.69) is 23.0 Å². The van der Waals surface area contributed by atoms with E-state index in [1.807, 2.05) is 31.2 Å². The topological polar surface area (TPSA) is 28.7 Å². The number of aromatic nitrogens is 2. The fraction of sp³-hybridized carbons (Fsp3) is 0.182. The summed E-state index contributed by atoms with van der Waals surface area (Å²) in [6.07, 6.45) is 2.05. The van der Waals surface area contributed by atoms with E-state index in [1.54, 1.807) is 0 Å². The molecule has 0 atom stereocenters. The second kappa shape index (κ2) is 3.05. The number of benzene rings is 1. The molecule has 2 aromatic rings. The summed E-state index contributed by atoms with van der Waals surface area (Å²) < 4.78 is 0. The summed E-state index contributed by atoms with van der Waals surface area (Å²) in [4.78, 5) is 7.73. The van der Waals surface area contributed by atoms with Crippen molar-refractivity contribution in [3.63, 3.8) is 0 Å². The highest BCUT2D eigenvalue weighted by atomic mass is 14.9. The van der Waals surface area contributed by atoms with Crippen LogP contribution in [0.4, 0.5) is 0 Å². The van der Waals surface area contributed by atoms with E-state index < -0.39 is 0 Å². The van der Waals surface area contributed by atoms with Crippen LogP contribution in [0.2, 0.25) is 0 Å². The molecule has 13 heavy (non-hydrogen) atoms. The molecule has 66 valence electrons. The molecule has 2 heteroatoms. The molecule has 0 radical (unpaired) electrons. The van der Waals surface area contributed by atoms with Crippen LogP contribution in [0, 0.1) is 0 Å². The second-order valence-electron chi connectivity index (χ2n) is 3.07. The smallest absolute Gasteiger partial charge is 0.133 e. The quantitative estimate of drug-likeness (QED) is 0.703. The van der Waals surface area contributed by atoms with E-state index in [4.69, 9.17) is 0 Å². The SMILES string of the molecule is C/C=C(\C)c1nc2ccccc2[nH]1. The van der Waals surface area contributed by atoms with Gasteiger partial charge >= 0.3 is 0 Å². The van der Waals surface area contributed by atoms with Gasteiger partial charge in [0.25, 0.3) is 0 Å². The minimum Gasteiger partial charge on any atom is -0.338 e. The standard InChI is InChI=1S/C11H12N2/c1-3-8(2)11-12-9-6-4-5-7-10(9)13-11/h3-7H,1-2H3,(H,12,13)/b8-3+. The van der Waals surface area contributed by atoms with Gasteiger partial charge in [-0.15, -0.1) is 0 Å². The predicted octanol–water partition coefficient (Wildman–Crippen LogP) is 2.99. The molecule has 0 saturated carbocycles. The summed E-state index contributed by atoms with van der Waals surface area (Å²) in [5.74, 6) is 0.962. The van der Waals surface area contributed by atoms with Crippen LogP contribution in [-0.4, -0.2) is 9.97 Å². The highest BCUT2D eigenvalue weighted by Gasteiger charge is 2.01. The number of aromatic amines is 1. The van der Waals surface area contributed by atoms with Gasteiger partial charge in [0.1, 0.15) is 5.82 Å². The third kappa shape index (κ3) is 1.35. The Morgan fingerprint density at radius 2 is 2.15 bits per heavy atom. The Morgan fingerprint density at radius 3 is 2.85 bits per heavy atom. The predicted molar refractivity (Wildman–Crippen MR) is 55.4 cm³/mol. The van der Waals surface area contributed by atoms with E-state index in [9.17, 15) is 0 Å². The first-order chi connectivity index (χ1) is 6.31. The molecule has 0 spiro atoms. The minimum atomic E-state index is 0.962. The maximum absolute atomic E-state index is 4.46. The molecule has 0 unspecified atom stereocenters. The van der Waals surface area contributed by atoms with Crippen molar-refractivity contribution in [2.75, 3.05) is 0 Å². The van der Waals surface area contributed by atoms with Gasteiger partial charge in [-0.1, -0.05) is 18.2 Å². The van der Waals surface area contributed by atoms with Gasteiger partial charge in [-0.2, -0.15) is 0 Å². The van der Waals surface area contributed by atoms with Crippen LogP contribution < -0.4 is 0 Å². The maximum atomic E-state index is 4.46. The van der Waals surface area contributed by atoms with Crippen molar-refractivity contribution in [1.29, 1.82) is 0 Å². The fourth-order valence-corrected chi connectivity index (χ4v) is 1.28. The molecular weight excluding hydrogens is 160 g/mol. The van der Waals surface area contributed by atoms with Gasteiger partial charge in [-0.05, 0) is 31.6 Å². The molecule has 0 bridgehead atoms. The molecule has 0 amide bonds. The first-order valence-corrected chi connectivity index (χ1v) is 4.39. The molecule has 1 N–H and O–H groups in total. The molecule has 0 saturated heterocycles. The Kier molecular flexibility index (Phi) is 1.89. The lowest BCUT2D eigenvalue weighted by atomic mass is 10.3. The highest BCUT2D eigenvalue weighted by Crippen LogP contribution is 2.15. The van der Waals surface area contributed by atoms with Crippen LogP contribution in [-0.2, 0) is 0 Å². The molecule has 1 heterocycles. The van der Waals surface area contributed by atoms with E-state index >= 15 is 0 Å². The number of fused-ring (bicyclic) bond motifs is 1. The summed E-state index contributed by atoms with van der Waals surface area (Å²) in [5.41, 5.74) is 3.30. The lowest BCUT2D eigenvalue weighted by Crippen LogP contribution is -1.80. The number of para-hydroxylation sites is 2. The Labute approximate surface area is 77.3 Å². The molecule has 1 aromatic heterocycles. The Morgan fingerprint density at radius 1 is 1.38 bits per heavy atom. The Balaban J connectivity index is 2.62. The number of imidazole rings is 1. The zero-order chi connectivity index (χ0) is 9.26. The van der Waals surface area contributed by atoms with E-state index in [0.717, 1.165) is 16.9 Å². The summed E-state index contributed by atoms with van der Waals surface area (Å²) >= 11 is 0. The summed E-state index contributed by atoms with van der Waals surface area (Å²) in [5, 5.41) is 0. The fourth-order valence-electron chi connectivity index (χ4n) is 1.28. The van der Waals surface area contributed by atoms with E-state index in [0.29, 0.717) is 0 Å². The molecule has 1 aromatic carbocycles. The zero-order valence-electron chi connectivity index (χ0n) is 7.83. The van der Waals surface area contributed by atoms with Gasteiger partial charge in [0.15, 0.2) is 0 Å². The Hall–Kier alpha value is -1.57. The average molecular weight is 172 g/mol. The number of H-pyrrole nitrogens is 1. The van der Waals surface area contributed by atoms with Gasteiger partial charge in [-0.3, -0.25) is 0 Å². The van der Waals surface area contributed by atoms with Crippen LogP contribution in [0.5, 0.6) is 0 Å². The van der Waals surface area contributed by atoms with Crippen LogP contribution in [0.25, 0.3) is 16.6 Å². The van der Waals surface area contributed by atoms with Crippen LogP contribution >= 0.6 is 0 Å². The van der Waals surface area contributed by atoms with E-state index in [1.165, 1.54) is 5.57 Å². The summed E-state index contributed by atoms with van der Waals surface area (Å²) in [6.45, 7) is 4.07. The zero-order valence-corrected chi connectivity index (χ0v) is 7.83. The number of hydrogen-bond donors (Lipinski definition) is 1. The Bertz CT molecular complexity index is 419. The molecule has 2 nitrogen and oxygen atoms in total. The van der Waals surface area contributed by atoms with Crippen molar-refractivity contribution in [1.82, 2.24) is 9.97 Å². The first kappa shape index (κ1) is 8.05. The average Bonchev–Trinajstić information content (AvgIpc) is 2.59. The largest absolute Gasteiger partial charge is 0.338 e. The molecule has 2 rings (SSSR count). The highest BCUT2D eigenvalue weighted by molar-refractivity contribution is 5.78. The summed E-state index contributed by atoms with van der Waals surface area (Å²) in [7, 11) is 0. The third-order valence-corrected chi connectivity index (χ3v) is 2.20. The van der Waals surface area contributed by atoms with Crippen LogP contribution in [0.3, 0.4) is 0 Å². The maximum Gasteiger partial charge on any atom is 0.133 e. The molecule has 0 fully saturated rings. The molecule has 0 aliphatic rings. The van der Waals surface area contributed by atoms with Crippen molar-refractivity contribution in [3.8, 4) is 0 Å². The van der Waals surface area contributed by atoms with E-state index in [-0.39, 0.29) is 0 Å². The monoisotopic (exact) mass is 172 g/mol. The number of nitrogens with zero attached hydrogens (tertiary/aromatic N) is 1. The van der Waals surface area contributed by atoms with Gasteiger partial charge in [-0.25, -0.2) is 4.98 Å². The number of nitrogens with one attached hydrogen (secondary N) is 1. The number of rotatable bonds is 1. The normalized spacial score (nSPS) is 12.3. The number of allylic oxidation sites excluding steroid dienone is 2. The lowest BCUT2D eigenvalue weighted by molar-refractivity contribution is 1.25. The van der Waals surface area contributed by atoms with Gasteiger partial charge in [0, 0.05) is 0 Å². The second-order valence-corrected chi connectivity index (χ2v) is 3.07. The van der Waals surface area contributed by atoms with Gasteiger partial charge in [0.2, 0.25) is 0 Å². The first-order valence-electron chi connectivity index (χ1n) is 4.39. The van der Waals surface area contributed by atoms with Crippen molar-refractivity contribution in [2.45, 2.75) is 13.8 Å². The lowest BCUT2D eigenvalue weighted by Gasteiger charge is -1.90. The number of hydrogen-bond acceptors (Lipinski definition) is 1. The van der Waals surface area contributed by atoms with Crippen molar-refractivity contribution in [3.05, 3.63) is 36.2 Å². The van der Waals surface area contributed by atoms with Crippen LogP contribution in [0.1, 0.15) is 19.7 Å². The van der Waals surface area contributed by atoms with Crippen molar-refractivity contribution < 1.29 is 0 Å². The van der Waals surface area contributed by atoms with Crippen LogP contribution in [0.15, 0.2) is 30.3 Å². The third-order valence-electron chi connectivity index (χ3n) is 2.20. The summed E-state index contributed by atoms with van der Waals surface area (Å²) in [6, 6.07) is 8.06. The molecular formula is C11H12N2. The minimum absolute atomic E-state index is 0.962. The van der Waals surface area contributed by atoms with Gasteiger partial charge in [0.05, 0.1) is 11.0 Å². The van der Waals surface area contributed by atoms with Gasteiger partial charge < -0.3 is 4.98 Å². The van der Waals surface area contributed by atoms with Crippen molar-refractivity contribution in [2.24, 2.45) is 0 Å². The van der Waals surface area contributed by atoms with Crippen molar-refractivity contribution >= 4 is 16.6 Å².